The second-order valence-corrected chi connectivity index (χ2v) is 25.8. The van der Waals surface area contributed by atoms with Crippen LogP contribution < -0.4 is 0 Å². The third kappa shape index (κ3) is 56.9. The van der Waals surface area contributed by atoms with Gasteiger partial charge in [-0.2, -0.15) is 0 Å². The molecule has 0 heterocycles. The van der Waals surface area contributed by atoms with Crippen LogP contribution in [0.3, 0.4) is 0 Å². The quantitative estimate of drug-likeness (QED) is 0.0222. The zero-order chi connectivity index (χ0) is 59.9. The molecule has 17 nitrogen and oxygen atoms in total. The number of esters is 4. The number of ether oxygens (including phenoxy) is 4. The van der Waals surface area contributed by atoms with Gasteiger partial charge in [0.05, 0.1) is 26.4 Å². The number of rotatable bonds is 62. The second kappa shape index (κ2) is 55.9. The number of carbonyl (C=O) groups excluding carboxylic acids is 4. The van der Waals surface area contributed by atoms with Crippen molar-refractivity contribution in [2.24, 2.45) is 5.92 Å². The summed E-state index contributed by atoms with van der Waals surface area (Å²) in [5, 5.41) is 10.5. The maximum absolute atomic E-state index is 13.0. The molecule has 2 unspecified atom stereocenters. The first kappa shape index (κ1) is 79.1. The van der Waals surface area contributed by atoms with Crippen molar-refractivity contribution in [1.29, 1.82) is 0 Å². The zero-order valence-electron chi connectivity index (χ0n) is 51.9. The highest BCUT2D eigenvalue weighted by Crippen LogP contribution is 2.45. The lowest BCUT2D eigenvalue weighted by Crippen LogP contribution is -2.30. The molecule has 480 valence electrons. The maximum Gasteiger partial charge on any atom is 0.472 e. The van der Waals surface area contributed by atoms with E-state index in [0.717, 1.165) is 103 Å². The molecule has 19 heteroatoms. The highest BCUT2D eigenvalue weighted by atomic mass is 31.2. The standard InChI is InChI=1S/C62H120O17P2/c1-6-9-12-15-18-20-22-24-26-28-31-37-42-47-61(66)78-57(52-73-60(65)46-41-36-30-27-25-23-21-19-16-13-10-7-2)53-76-80(68,69)74-49-56(63)50-75-81(70,71)77-54-58(51-72-59(64)45-40-35-29-17-14-11-8-3)79-62(67)48-43-38-33-32-34-39-44-55(4)5/h55-58,63H,6-54H2,1-5H3,(H,68,69)(H,70,71)/t56-,57-,58-/m1/s1. The summed E-state index contributed by atoms with van der Waals surface area (Å²) in [6, 6.07) is 0. The molecule has 0 rings (SSSR count). The molecule has 81 heavy (non-hydrogen) atoms. The van der Waals surface area contributed by atoms with Gasteiger partial charge in [0, 0.05) is 25.7 Å². The van der Waals surface area contributed by atoms with E-state index in [4.69, 9.17) is 37.0 Å². The first-order valence-corrected chi connectivity index (χ1v) is 35.6. The Bertz CT molecular complexity index is 1580. The van der Waals surface area contributed by atoms with Gasteiger partial charge in [-0.25, -0.2) is 9.13 Å². The van der Waals surface area contributed by atoms with Crippen LogP contribution in [0.2, 0.25) is 0 Å². The fourth-order valence-corrected chi connectivity index (χ4v) is 10.8. The fourth-order valence-electron chi connectivity index (χ4n) is 9.23. The first-order chi connectivity index (χ1) is 39.0. The average Bonchev–Trinajstić information content (AvgIpc) is 3.43. The van der Waals surface area contributed by atoms with Crippen LogP contribution in [0.15, 0.2) is 0 Å². The van der Waals surface area contributed by atoms with E-state index in [1.54, 1.807) is 0 Å². The zero-order valence-corrected chi connectivity index (χ0v) is 53.7. The number of hydrogen-bond donors (Lipinski definition) is 3. The molecule has 0 fully saturated rings. The van der Waals surface area contributed by atoms with Gasteiger partial charge in [-0.05, 0) is 31.6 Å². The van der Waals surface area contributed by atoms with Gasteiger partial charge in [-0.3, -0.25) is 37.3 Å². The minimum atomic E-state index is -4.94. The summed E-state index contributed by atoms with van der Waals surface area (Å²) in [5.74, 6) is -1.47. The molecule has 5 atom stereocenters. The molecular formula is C62H120O17P2. The third-order valence-corrected chi connectivity index (χ3v) is 16.2. The van der Waals surface area contributed by atoms with Gasteiger partial charge < -0.3 is 33.8 Å². The summed E-state index contributed by atoms with van der Waals surface area (Å²) in [4.78, 5) is 72.0. The van der Waals surface area contributed by atoms with Gasteiger partial charge in [0.2, 0.25) is 0 Å². The van der Waals surface area contributed by atoms with E-state index in [1.165, 1.54) is 122 Å². The molecule has 0 aromatic carbocycles. The first-order valence-electron chi connectivity index (χ1n) is 32.6. The Kier molecular flexibility index (Phi) is 54.6. The van der Waals surface area contributed by atoms with E-state index in [2.05, 4.69) is 34.6 Å². The Balaban J connectivity index is 5.21. The normalized spacial score (nSPS) is 14.3. The van der Waals surface area contributed by atoms with Gasteiger partial charge in [-0.15, -0.1) is 0 Å². The molecule has 0 bridgehead atoms. The van der Waals surface area contributed by atoms with Crippen molar-refractivity contribution in [1.82, 2.24) is 0 Å². The van der Waals surface area contributed by atoms with Crippen molar-refractivity contribution in [3.05, 3.63) is 0 Å². The number of phosphoric acid groups is 2. The van der Waals surface area contributed by atoms with Gasteiger partial charge in [-0.1, -0.05) is 259 Å². The summed E-state index contributed by atoms with van der Waals surface area (Å²) in [6.07, 6.45) is 39.1. The second-order valence-electron chi connectivity index (χ2n) is 22.9. The van der Waals surface area contributed by atoms with Crippen molar-refractivity contribution in [3.63, 3.8) is 0 Å². The maximum atomic E-state index is 13.0. The minimum absolute atomic E-state index is 0.102. The molecule has 0 amide bonds. The van der Waals surface area contributed by atoms with Gasteiger partial charge in [0.15, 0.2) is 12.2 Å². The van der Waals surface area contributed by atoms with E-state index in [1.807, 2.05) is 0 Å². The molecule has 0 saturated carbocycles. The number of aliphatic hydroxyl groups excluding tert-OH is 1. The van der Waals surface area contributed by atoms with Crippen molar-refractivity contribution in [2.75, 3.05) is 39.6 Å². The number of unbranched alkanes of at least 4 members (excludes halogenated alkanes) is 34. The Labute approximate surface area is 492 Å². The lowest BCUT2D eigenvalue weighted by atomic mass is 10.0. The predicted octanol–water partition coefficient (Wildman–Crippen LogP) is 17.0. The molecule has 0 aromatic rings. The molecular weight excluding hydrogens is 1080 g/mol. The molecule has 3 N–H and O–H groups in total. The van der Waals surface area contributed by atoms with Crippen LogP contribution >= 0.6 is 15.6 Å². The largest absolute Gasteiger partial charge is 0.472 e. The van der Waals surface area contributed by atoms with Crippen LogP contribution in [0.25, 0.3) is 0 Å². The summed E-state index contributed by atoms with van der Waals surface area (Å²) < 4.78 is 67.8. The van der Waals surface area contributed by atoms with Crippen molar-refractivity contribution in [3.8, 4) is 0 Å². The number of carbonyl (C=O) groups is 4. The van der Waals surface area contributed by atoms with Gasteiger partial charge >= 0.3 is 39.5 Å². The highest BCUT2D eigenvalue weighted by molar-refractivity contribution is 7.47. The van der Waals surface area contributed by atoms with Gasteiger partial charge in [0.1, 0.15) is 19.3 Å². The van der Waals surface area contributed by atoms with E-state index in [0.29, 0.717) is 31.6 Å². The van der Waals surface area contributed by atoms with Gasteiger partial charge in [0.25, 0.3) is 0 Å². The monoisotopic (exact) mass is 1200 g/mol. The summed E-state index contributed by atoms with van der Waals surface area (Å²) in [5.41, 5.74) is 0. The Morgan fingerprint density at radius 3 is 0.840 bits per heavy atom. The molecule has 0 radical (unpaired) electrons. The Morgan fingerprint density at radius 1 is 0.333 bits per heavy atom. The van der Waals surface area contributed by atoms with Crippen LogP contribution in [0.4, 0.5) is 0 Å². The van der Waals surface area contributed by atoms with Crippen LogP contribution in [0, 0.1) is 5.92 Å². The number of aliphatic hydroxyl groups is 1. The lowest BCUT2D eigenvalue weighted by molar-refractivity contribution is -0.161. The van der Waals surface area contributed by atoms with E-state index in [-0.39, 0.29) is 25.7 Å². The van der Waals surface area contributed by atoms with Crippen molar-refractivity contribution < 1.29 is 80.2 Å². The highest BCUT2D eigenvalue weighted by Gasteiger charge is 2.30. The number of phosphoric ester groups is 2. The topological polar surface area (TPSA) is 237 Å². The Hall–Kier alpha value is -1.94. The lowest BCUT2D eigenvalue weighted by Gasteiger charge is -2.21. The van der Waals surface area contributed by atoms with Crippen LogP contribution in [-0.4, -0.2) is 96.7 Å². The third-order valence-electron chi connectivity index (χ3n) is 14.3. The molecule has 0 aliphatic carbocycles. The predicted molar refractivity (Wildman–Crippen MR) is 322 cm³/mol. The molecule has 0 aliphatic heterocycles. The van der Waals surface area contributed by atoms with E-state index < -0.39 is 97.5 Å². The molecule has 0 saturated heterocycles. The summed E-state index contributed by atoms with van der Waals surface area (Å²) in [7, 11) is -9.88. The van der Waals surface area contributed by atoms with Crippen LogP contribution in [-0.2, 0) is 65.4 Å². The Morgan fingerprint density at radius 2 is 0.568 bits per heavy atom. The molecule has 0 aliphatic rings. The molecule has 0 spiro atoms. The van der Waals surface area contributed by atoms with Crippen molar-refractivity contribution in [2.45, 2.75) is 329 Å². The number of hydrogen-bond acceptors (Lipinski definition) is 15. The van der Waals surface area contributed by atoms with Crippen LogP contribution in [0.1, 0.15) is 311 Å². The fraction of sp³-hybridized carbons (Fsp3) is 0.935. The smallest absolute Gasteiger partial charge is 0.462 e. The van der Waals surface area contributed by atoms with E-state index >= 15 is 0 Å². The minimum Gasteiger partial charge on any atom is -0.462 e. The molecule has 0 aromatic heterocycles. The summed E-state index contributed by atoms with van der Waals surface area (Å²) >= 11 is 0. The van der Waals surface area contributed by atoms with Crippen molar-refractivity contribution >= 4 is 39.5 Å². The van der Waals surface area contributed by atoms with Crippen LogP contribution in [0.5, 0.6) is 0 Å². The SMILES string of the molecule is CCCCCCCCCCCCCCCC(=O)O[C@H](COC(=O)CCCCCCCCCCCCCC)COP(=O)(O)OC[C@@H](O)COP(=O)(O)OC[C@@H](COC(=O)CCCCCCCCC)OC(=O)CCCCCCCCC(C)C. The van der Waals surface area contributed by atoms with E-state index in [9.17, 15) is 43.2 Å². The summed E-state index contributed by atoms with van der Waals surface area (Å²) in [6.45, 7) is 7.05. The average molecular weight is 1200 g/mol.